The maximum absolute atomic E-state index is 13.0. The third kappa shape index (κ3) is 2.11. The number of rotatable bonds is 2. The summed E-state index contributed by atoms with van der Waals surface area (Å²) in [5.74, 6) is -0.343. The lowest BCUT2D eigenvalue weighted by atomic mass is 9.48. The van der Waals surface area contributed by atoms with Crippen LogP contribution >= 0.6 is 0 Å². The molecule has 1 saturated carbocycles. The van der Waals surface area contributed by atoms with Crippen molar-refractivity contribution in [3.8, 4) is 0 Å². The van der Waals surface area contributed by atoms with Crippen LogP contribution in [0.2, 0.25) is 0 Å². The summed E-state index contributed by atoms with van der Waals surface area (Å²) in [7, 11) is 0. The molecule has 0 spiro atoms. The largest absolute Gasteiger partial charge is 0.369 e. The van der Waals surface area contributed by atoms with Crippen LogP contribution in [0.1, 0.15) is 42.1 Å². The molecule has 1 aliphatic carbocycles. The Morgan fingerprint density at radius 2 is 2.00 bits per heavy atom. The second-order valence-corrected chi connectivity index (χ2v) is 8.26. The Hall–Kier alpha value is -2.44. The number of aryl methyl sites for hydroxylation is 2. The number of fused-ring (bicyclic) bond motifs is 2. The van der Waals surface area contributed by atoms with Gasteiger partial charge in [0.25, 0.3) is 5.91 Å². The minimum atomic E-state index is -0.580. The van der Waals surface area contributed by atoms with Crippen LogP contribution in [0.3, 0.4) is 0 Å². The second kappa shape index (κ2) is 4.80. The fraction of sp³-hybridized carbons (Fsp3) is 0.556. The van der Waals surface area contributed by atoms with Crippen LogP contribution in [-0.2, 0) is 4.79 Å². The van der Waals surface area contributed by atoms with Gasteiger partial charge in [0.15, 0.2) is 11.3 Å². The Morgan fingerprint density at radius 3 is 2.60 bits per heavy atom. The monoisotopic (exact) mass is 341 g/mol. The first-order valence-corrected chi connectivity index (χ1v) is 8.57. The van der Waals surface area contributed by atoms with Crippen molar-refractivity contribution in [3.05, 3.63) is 29.2 Å². The van der Waals surface area contributed by atoms with Gasteiger partial charge in [-0.25, -0.2) is 9.50 Å². The maximum Gasteiger partial charge on any atom is 0.274 e. The molecule has 2 aromatic rings. The van der Waals surface area contributed by atoms with Crippen molar-refractivity contribution < 1.29 is 9.59 Å². The summed E-state index contributed by atoms with van der Waals surface area (Å²) in [5.41, 5.74) is 7.97. The fourth-order valence-electron chi connectivity index (χ4n) is 4.93. The van der Waals surface area contributed by atoms with Crippen LogP contribution in [0.5, 0.6) is 0 Å². The number of amides is 2. The molecule has 7 nitrogen and oxygen atoms in total. The number of likely N-dealkylation sites (tertiary alicyclic amines) is 1. The van der Waals surface area contributed by atoms with Crippen molar-refractivity contribution in [3.63, 3.8) is 0 Å². The number of nitrogens with two attached hydrogens (primary N) is 1. The number of aromatic nitrogens is 3. The molecule has 2 aromatic heterocycles. The maximum atomic E-state index is 13.0. The molecule has 132 valence electrons. The van der Waals surface area contributed by atoms with E-state index in [1.807, 2.05) is 19.9 Å². The molecule has 2 amide bonds. The van der Waals surface area contributed by atoms with E-state index in [1.54, 1.807) is 15.5 Å². The first-order chi connectivity index (χ1) is 11.6. The molecule has 25 heavy (non-hydrogen) atoms. The molecule has 2 aliphatic rings. The highest BCUT2D eigenvalue weighted by Gasteiger charge is 2.66. The standard InChI is InChI=1S/C18H23N5O2/c1-10-5-11(2)23-14(20-10)6-12(21-23)15(24)22-7-13-17(3,4)8-18(13,9-22)16(19)25/h5-6,13H,7-9H2,1-4H3,(H2,19,25)/t13-,18+/m1/s1. The van der Waals surface area contributed by atoms with Gasteiger partial charge in [0.1, 0.15) is 0 Å². The molecule has 2 fully saturated rings. The molecule has 0 radical (unpaired) electrons. The zero-order chi connectivity index (χ0) is 18.1. The second-order valence-electron chi connectivity index (χ2n) is 8.26. The minimum absolute atomic E-state index is 0.0260. The van der Waals surface area contributed by atoms with E-state index in [1.165, 1.54) is 0 Å². The summed E-state index contributed by atoms with van der Waals surface area (Å²) in [6, 6.07) is 3.64. The molecule has 7 heteroatoms. The SMILES string of the molecule is Cc1cc(C)n2nc(C(=O)N3C[C@@H]4C(C)(C)C[C@]4(C(N)=O)C3)cc2n1. The highest BCUT2D eigenvalue weighted by atomic mass is 16.2. The molecule has 0 unspecified atom stereocenters. The predicted octanol–water partition coefficient (Wildman–Crippen LogP) is 1.32. The van der Waals surface area contributed by atoms with Crippen molar-refractivity contribution in [2.45, 2.75) is 34.1 Å². The number of nitrogens with zero attached hydrogens (tertiary/aromatic N) is 4. The molecule has 4 rings (SSSR count). The Bertz CT molecular complexity index is 916. The van der Waals surface area contributed by atoms with Crippen LogP contribution in [0.15, 0.2) is 12.1 Å². The minimum Gasteiger partial charge on any atom is -0.369 e. The Balaban J connectivity index is 1.66. The summed E-state index contributed by atoms with van der Waals surface area (Å²) in [5, 5.41) is 4.42. The summed E-state index contributed by atoms with van der Waals surface area (Å²) >= 11 is 0. The van der Waals surface area contributed by atoms with Crippen molar-refractivity contribution in [2.75, 3.05) is 13.1 Å². The van der Waals surface area contributed by atoms with Gasteiger partial charge in [-0.1, -0.05) is 13.8 Å². The summed E-state index contributed by atoms with van der Waals surface area (Å²) < 4.78 is 1.68. The molecule has 2 atom stereocenters. The van der Waals surface area contributed by atoms with Crippen LogP contribution in [0, 0.1) is 30.6 Å². The number of carbonyl (C=O) groups is 2. The first kappa shape index (κ1) is 16.1. The van der Waals surface area contributed by atoms with Crippen molar-refractivity contribution in [1.82, 2.24) is 19.5 Å². The van der Waals surface area contributed by atoms with Gasteiger partial charge in [0.05, 0.1) is 5.41 Å². The van der Waals surface area contributed by atoms with Gasteiger partial charge >= 0.3 is 0 Å². The van der Waals surface area contributed by atoms with E-state index in [0.29, 0.717) is 24.4 Å². The molecule has 0 bridgehead atoms. The number of primary amides is 1. The van der Waals surface area contributed by atoms with E-state index in [-0.39, 0.29) is 23.1 Å². The number of hydrogen-bond acceptors (Lipinski definition) is 4. The van der Waals surface area contributed by atoms with Crippen molar-refractivity contribution in [2.24, 2.45) is 22.5 Å². The highest BCUT2D eigenvalue weighted by molar-refractivity contribution is 5.95. The highest BCUT2D eigenvalue weighted by Crippen LogP contribution is 2.62. The molecular weight excluding hydrogens is 318 g/mol. The van der Waals surface area contributed by atoms with E-state index in [0.717, 1.165) is 17.8 Å². The summed E-state index contributed by atoms with van der Waals surface area (Å²) in [4.78, 5) is 31.2. The number of hydrogen-bond donors (Lipinski definition) is 1. The molecule has 2 N–H and O–H groups in total. The lowest BCUT2D eigenvalue weighted by Gasteiger charge is -2.54. The van der Waals surface area contributed by atoms with E-state index in [9.17, 15) is 9.59 Å². The van der Waals surface area contributed by atoms with Gasteiger partial charge in [0.2, 0.25) is 5.91 Å². The van der Waals surface area contributed by atoms with Gasteiger partial charge in [-0.2, -0.15) is 5.10 Å². The van der Waals surface area contributed by atoms with Crippen LogP contribution < -0.4 is 5.73 Å². The Labute approximate surface area is 146 Å². The predicted molar refractivity (Wildman–Crippen MR) is 91.9 cm³/mol. The molecule has 1 saturated heterocycles. The average Bonchev–Trinajstić information content (AvgIpc) is 3.06. The van der Waals surface area contributed by atoms with E-state index < -0.39 is 5.41 Å². The van der Waals surface area contributed by atoms with Gasteiger partial charge in [-0.3, -0.25) is 9.59 Å². The van der Waals surface area contributed by atoms with E-state index >= 15 is 0 Å². The van der Waals surface area contributed by atoms with Crippen LogP contribution in [0.4, 0.5) is 0 Å². The average molecular weight is 341 g/mol. The molecule has 0 aromatic carbocycles. The number of carbonyl (C=O) groups excluding carboxylic acids is 2. The Kier molecular flexibility index (Phi) is 3.08. The molecular formula is C18H23N5O2. The zero-order valence-electron chi connectivity index (χ0n) is 15.0. The van der Waals surface area contributed by atoms with Crippen molar-refractivity contribution >= 4 is 17.5 Å². The van der Waals surface area contributed by atoms with Gasteiger partial charge < -0.3 is 10.6 Å². The van der Waals surface area contributed by atoms with E-state index in [2.05, 4.69) is 23.9 Å². The first-order valence-electron chi connectivity index (χ1n) is 8.57. The molecule has 1 aliphatic heterocycles. The lowest BCUT2D eigenvalue weighted by molar-refractivity contribution is -0.148. The normalized spacial score (nSPS) is 27.2. The summed E-state index contributed by atoms with van der Waals surface area (Å²) in [6.07, 6.45) is 0.731. The third-order valence-electron chi connectivity index (χ3n) is 5.99. The summed E-state index contributed by atoms with van der Waals surface area (Å²) in [6.45, 7) is 9.05. The lowest BCUT2D eigenvalue weighted by Crippen LogP contribution is -2.59. The van der Waals surface area contributed by atoms with Crippen molar-refractivity contribution in [1.29, 1.82) is 0 Å². The quantitative estimate of drug-likeness (QED) is 0.891. The smallest absolute Gasteiger partial charge is 0.274 e. The van der Waals surface area contributed by atoms with Gasteiger partial charge in [-0.15, -0.1) is 0 Å². The fourth-order valence-corrected chi connectivity index (χ4v) is 4.93. The Morgan fingerprint density at radius 1 is 1.28 bits per heavy atom. The third-order valence-corrected chi connectivity index (χ3v) is 5.99. The molecule has 3 heterocycles. The van der Waals surface area contributed by atoms with Gasteiger partial charge in [-0.05, 0) is 37.7 Å². The topological polar surface area (TPSA) is 93.6 Å². The zero-order valence-corrected chi connectivity index (χ0v) is 15.0. The van der Waals surface area contributed by atoms with Crippen LogP contribution in [-0.4, -0.2) is 44.4 Å². The van der Waals surface area contributed by atoms with Gasteiger partial charge in [0, 0.05) is 30.5 Å². The van der Waals surface area contributed by atoms with Crippen LogP contribution in [0.25, 0.3) is 5.65 Å². The van der Waals surface area contributed by atoms with E-state index in [4.69, 9.17) is 5.73 Å².